The largest absolute Gasteiger partial charge is 0.488 e. The van der Waals surface area contributed by atoms with Crippen LogP contribution in [0.3, 0.4) is 0 Å². The fraction of sp³-hybridized carbons (Fsp3) is 0.410. The highest BCUT2D eigenvalue weighted by atomic mass is 32.2. The Bertz CT molecular complexity index is 1990. The lowest BCUT2D eigenvalue weighted by Crippen LogP contribution is -2.52. The van der Waals surface area contributed by atoms with Gasteiger partial charge in [-0.05, 0) is 80.2 Å². The third kappa shape index (κ3) is 7.55. The Hall–Kier alpha value is -4.41. The summed E-state index contributed by atoms with van der Waals surface area (Å²) in [7, 11) is 0. The highest BCUT2D eigenvalue weighted by molar-refractivity contribution is 8.00. The average molecular weight is 745 g/mol. The zero-order chi connectivity index (χ0) is 36.6. The summed E-state index contributed by atoms with van der Waals surface area (Å²) in [6, 6.07) is 13.8. The number of fused-ring (bicyclic) bond motifs is 1. The summed E-state index contributed by atoms with van der Waals surface area (Å²) in [6.45, 7) is 0.888. The molecule has 13 heteroatoms. The first-order valence-corrected chi connectivity index (χ1v) is 19.1. The molecule has 1 atom stereocenters. The van der Waals surface area contributed by atoms with E-state index in [1.165, 1.54) is 23.1 Å². The highest BCUT2D eigenvalue weighted by Gasteiger charge is 2.40. The van der Waals surface area contributed by atoms with E-state index < -0.39 is 23.6 Å². The molecule has 3 fully saturated rings. The van der Waals surface area contributed by atoms with Crippen LogP contribution in [0.1, 0.15) is 81.5 Å². The van der Waals surface area contributed by atoms with Crippen LogP contribution >= 0.6 is 24.4 Å². The Kier molecular flexibility index (Phi) is 10.3. The number of halogens is 2. The van der Waals surface area contributed by atoms with E-state index in [-0.39, 0.29) is 65.4 Å². The predicted octanol–water partition coefficient (Wildman–Crippen LogP) is 6.01. The van der Waals surface area contributed by atoms with Gasteiger partial charge in [0.15, 0.2) is 5.78 Å². The second-order valence-corrected chi connectivity index (χ2v) is 16.1. The number of carbonyl (C=O) groups excluding carboxylic acids is 4. The van der Waals surface area contributed by atoms with Gasteiger partial charge in [0, 0.05) is 58.2 Å². The molecule has 3 heterocycles. The molecule has 0 bridgehead atoms. The lowest BCUT2D eigenvalue weighted by molar-refractivity contribution is -0.136. The van der Waals surface area contributed by atoms with Crippen molar-refractivity contribution >= 4 is 53.6 Å². The van der Waals surface area contributed by atoms with Gasteiger partial charge in [-0.2, -0.15) is 29.7 Å². The number of piperidine rings is 2. The van der Waals surface area contributed by atoms with Crippen LogP contribution in [-0.4, -0.2) is 63.8 Å². The zero-order valence-corrected chi connectivity index (χ0v) is 30.2. The number of hydrogen-bond acceptors (Lipinski definition) is 9. The second-order valence-electron chi connectivity index (χ2n) is 14.0. The van der Waals surface area contributed by atoms with Crippen LogP contribution in [0.15, 0.2) is 48.5 Å². The van der Waals surface area contributed by atoms with Crippen molar-refractivity contribution in [1.29, 1.82) is 5.26 Å². The van der Waals surface area contributed by atoms with Crippen molar-refractivity contribution in [2.24, 2.45) is 5.92 Å². The van der Waals surface area contributed by atoms with Crippen LogP contribution in [-0.2, 0) is 29.2 Å². The molecule has 3 amide bonds. The number of carbonyl (C=O) groups is 4. The van der Waals surface area contributed by atoms with E-state index in [9.17, 15) is 24.4 Å². The molecule has 52 heavy (non-hydrogen) atoms. The fourth-order valence-electron chi connectivity index (χ4n) is 7.18. The molecule has 3 aliphatic heterocycles. The first-order chi connectivity index (χ1) is 25.0. The molecular weight excluding hydrogens is 707 g/mol. The highest BCUT2D eigenvalue weighted by Crippen LogP contribution is 2.44. The molecule has 0 aromatic heterocycles. The van der Waals surface area contributed by atoms with Crippen molar-refractivity contribution in [3.05, 3.63) is 93.5 Å². The van der Waals surface area contributed by atoms with E-state index in [0.29, 0.717) is 60.5 Å². The van der Waals surface area contributed by atoms with Crippen molar-refractivity contribution in [1.82, 2.24) is 10.2 Å². The van der Waals surface area contributed by atoms with Crippen molar-refractivity contribution in [3.8, 4) is 11.8 Å². The molecule has 3 aromatic rings. The molecular formula is C39H38F2N4O5S2. The standard InChI is InChI=1S/C39H38F2N4O5S2/c40-30-16-25(4-5-26(30)21-50-34-3-1-2-28-29(34)20-45(38(28)49)32-6-7-35(46)43-37(32)48)36(47)23-8-13-44(14-9-23)33-18-24(27(19-42)17-31(33)41)10-15-52-22-39(51)11-12-39/h1-5,16-18,23,32,51H,6-15,20-22H2,(H,43,46,48)/t32-/m0/s1. The number of anilines is 1. The minimum absolute atomic E-state index is 0.126. The van der Waals surface area contributed by atoms with Gasteiger partial charge in [0.25, 0.3) is 5.91 Å². The minimum atomic E-state index is -0.762. The number of Topliss-reactive ketones (excluding diaryl/α,β-unsaturated/α-hetero) is 1. The number of benzene rings is 3. The monoisotopic (exact) mass is 744 g/mol. The molecule has 270 valence electrons. The number of hydrogen-bond donors (Lipinski definition) is 2. The molecule has 1 saturated carbocycles. The summed E-state index contributed by atoms with van der Waals surface area (Å²) in [5.41, 5.74) is 3.05. The Morgan fingerprint density at radius 2 is 1.83 bits per heavy atom. The maximum atomic E-state index is 15.4. The Labute approximate surface area is 310 Å². The SMILES string of the molecule is N#Cc1cc(F)c(N2CCC(C(=O)c3ccc(COc4cccc5c4CN([C@H]4CCC(=O)NC4=O)C5=O)c(F)c3)CC2)cc1CCSCC1(S)CC1. The minimum Gasteiger partial charge on any atom is -0.488 e. The zero-order valence-electron chi connectivity index (χ0n) is 28.5. The number of nitrogens with one attached hydrogen (secondary N) is 1. The van der Waals surface area contributed by atoms with Crippen LogP contribution in [0.2, 0.25) is 0 Å². The number of nitrogens with zero attached hydrogens (tertiary/aromatic N) is 3. The third-order valence-corrected chi connectivity index (χ3v) is 12.5. The summed E-state index contributed by atoms with van der Waals surface area (Å²) in [5, 5.41) is 11.9. The Morgan fingerprint density at radius 3 is 2.54 bits per heavy atom. The van der Waals surface area contributed by atoms with Gasteiger partial charge in [-0.3, -0.25) is 24.5 Å². The first kappa shape index (κ1) is 36.0. The van der Waals surface area contributed by atoms with E-state index >= 15 is 8.78 Å². The summed E-state index contributed by atoms with van der Waals surface area (Å²) in [4.78, 5) is 54.0. The number of thioether (sulfide) groups is 1. The van der Waals surface area contributed by atoms with Crippen LogP contribution in [0, 0.1) is 28.9 Å². The fourth-order valence-corrected chi connectivity index (χ4v) is 8.74. The topological polar surface area (TPSA) is 120 Å². The number of amides is 3. The van der Waals surface area contributed by atoms with E-state index in [1.807, 2.05) is 4.90 Å². The number of ketones is 1. The van der Waals surface area contributed by atoms with Crippen molar-refractivity contribution < 1.29 is 32.7 Å². The number of imide groups is 1. The summed E-state index contributed by atoms with van der Waals surface area (Å²) in [5.74, 6) is -0.602. The smallest absolute Gasteiger partial charge is 0.255 e. The van der Waals surface area contributed by atoms with Crippen molar-refractivity contribution in [2.75, 3.05) is 29.5 Å². The van der Waals surface area contributed by atoms with Gasteiger partial charge < -0.3 is 14.5 Å². The maximum absolute atomic E-state index is 15.4. The molecule has 2 saturated heterocycles. The third-order valence-electron chi connectivity index (χ3n) is 10.5. The molecule has 0 unspecified atom stereocenters. The number of ether oxygens (including phenoxy) is 1. The molecule has 4 aliphatic rings. The van der Waals surface area contributed by atoms with Gasteiger partial charge in [0.05, 0.1) is 23.9 Å². The van der Waals surface area contributed by atoms with Gasteiger partial charge in [-0.15, -0.1) is 0 Å². The normalized spacial score (nSPS) is 19.7. The van der Waals surface area contributed by atoms with Crippen molar-refractivity contribution in [3.63, 3.8) is 0 Å². The van der Waals surface area contributed by atoms with E-state index in [0.717, 1.165) is 29.9 Å². The molecule has 1 aliphatic carbocycles. The number of nitriles is 1. The van der Waals surface area contributed by atoms with E-state index in [4.69, 9.17) is 4.74 Å². The van der Waals surface area contributed by atoms with Crippen LogP contribution in [0.4, 0.5) is 14.5 Å². The lowest BCUT2D eigenvalue weighted by atomic mass is 9.88. The molecule has 3 aromatic carbocycles. The molecule has 0 spiro atoms. The van der Waals surface area contributed by atoms with E-state index in [2.05, 4.69) is 24.0 Å². The molecule has 9 nitrogen and oxygen atoms in total. The van der Waals surface area contributed by atoms with Crippen LogP contribution in [0.5, 0.6) is 5.75 Å². The summed E-state index contributed by atoms with van der Waals surface area (Å²) >= 11 is 6.47. The quantitative estimate of drug-likeness (QED) is 0.100. The van der Waals surface area contributed by atoms with Gasteiger partial charge in [-0.1, -0.05) is 18.2 Å². The van der Waals surface area contributed by atoms with Gasteiger partial charge in [0.2, 0.25) is 11.8 Å². The lowest BCUT2D eigenvalue weighted by Gasteiger charge is -2.33. The van der Waals surface area contributed by atoms with Crippen LogP contribution < -0.4 is 15.0 Å². The summed E-state index contributed by atoms with van der Waals surface area (Å²) in [6.07, 6.45) is 4.25. The van der Waals surface area contributed by atoms with E-state index in [1.54, 1.807) is 42.1 Å². The number of thiol groups is 1. The average Bonchev–Trinajstić information content (AvgIpc) is 3.79. The van der Waals surface area contributed by atoms with Crippen molar-refractivity contribution in [2.45, 2.75) is 68.9 Å². The predicted molar refractivity (Wildman–Crippen MR) is 196 cm³/mol. The van der Waals surface area contributed by atoms with Gasteiger partial charge in [-0.25, -0.2) is 8.78 Å². The first-order valence-electron chi connectivity index (χ1n) is 17.5. The maximum Gasteiger partial charge on any atom is 0.255 e. The number of aryl methyl sites for hydroxylation is 1. The molecule has 7 rings (SSSR count). The van der Waals surface area contributed by atoms with Gasteiger partial charge >= 0.3 is 0 Å². The molecule has 1 N–H and O–H groups in total. The van der Waals surface area contributed by atoms with Crippen LogP contribution in [0.25, 0.3) is 0 Å². The Balaban J connectivity index is 0.947. The second kappa shape index (κ2) is 14.9. The molecule has 0 radical (unpaired) electrons. The Morgan fingerprint density at radius 1 is 1.04 bits per heavy atom. The van der Waals surface area contributed by atoms with Gasteiger partial charge in [0.1, 0.15) is 30.0 Å². The number of rotatable bonds is 12. The summed E-state index contributed by atoms with van der Waals surface area (Å²) < 4.78 is 36.6.